The molecular weight excluding hydrogens is 207 g/mol. The molecule has 0 heterocycles. The van der Waals surface area contributed by atoms with E-state index in [1.54, 1.807) is 13.0 Å². The molecule has 14 heavy (non-hydrogen) atoms. The van der Waals surface area contributed by atoms with Crippen molar-refractivity contribution in [2.75, 3.05) is 0 Å². The first kappa shape index (κ1) is 11.4. The largest absolute Gasteiger partial charge is 0.393 e. The van der Waals surface area contributed by atoms with Crippen molar-refractivity contribution in [2.45, 2.75) is 25.6 Å². The van der Waals surface area contributed by atoms with Crippen LogP contribution in [0.2, 0.25) is 5.02 Å². The molecule has 78 valence electrons. The first-order valence-corrected chi connectivity index (χ1v) is 4.69. The molecule has 0 aromatic heterocycles. The fourth-order valence-corrected chi connectivity index (χ4v) is 1.30. The van der Waals surface area contributed by atoms with E-state index in [4.69, 9.17) is 16.7 Å². The zero-order chi connectivity index (χ0) is 10.7. The van der Waals surface area contributed by atoms with Crippen LogP contribution >= 0.6 is 11.6 Å². The minimum atomic E-state index is -0.859. The quantitative estimate of drug-likeness (QED) is 0.817. The molecule has 0 unspecified atom stereocenters. The Morgan fingerprint density at radius 3 is 2.57 bits per heavy atom. The van der Waals surface area contributed by atoms with Crippen LogP contribution in [-0.2, 0) is 0 Å². The summed E-state index contributed by atoms with van der Waals surface area (Å²) in [7, 11) is 0. The number of hydrogen-bond donors (Lipinski definition) is 2. The molecule has 1 aromatic carbocycles. The normalized spacial score (nSPS) is 15.2. The third-order valence-corrected chi connectivity index (χ3v) is 2.20. The maximum absolute atomic E-state index is 13.0. The molecule has 0 amide bonds. The third-order valence-electron chi connectivity index (χ3n) is 1.89. The van der Waals surface area contributed by atoms with Crippen LogP contribution < -0.4 is 0 Å². The van der Waals surface area contributed by atoms with Gasteiger partial charge in [0.2, 0.25) is 0 Å². The Kier molecular flexibility index (Phi) is 3.86. The van der Waals surface area contributed by atoms with Gasteiger partial charge in [0, 0.05) is 6.42 Å². The highest BCUT2D eigenvalue weighted by molar-refractivity contribution is 6.30. The summed E-state index contributed by atoms with van der Waals surface area (Å²) in [6, 6.07) is 4.10. The van der Waals surface area contributed by atoms with Gasteiger partial charge < -0.3 is 10.2 Å². The van der Waals surface area contributed by atoms with Crippen LogP contribution in [0.4, 0.5) is 4.39 Å². The van der Waals surface area contributed by atoms with Crippen LogP contribution in [0, 0.1) is 5.82 Å². The average Bonchev–Trinajstić information content (AvgIpc) is 2.08. The second-order valence-corrected chi connectivity index (χ2v) is 3.68. The van der Waals surface area contributed by atoms with Gasteiger partial charge in [-0.05, 0) is 24.6 Å². The number of aliphatic hydroxyl groups excluding tert-OH is 2. The second kappa shape index (κ2) is 4.73. The molecule has 0 spiro atoms. The minimum Gasteiger partial charge on any atom is -0.393 e. The van der Waals surface area contributed by atoms with Crippen LogP contribution in [-0.4, -0.2) is 16.3 Å². The lowest BCUT2D eigenvalue weighted by molar-refractivity contribution is 0.0905. The minimum absolute atomic E-state index is 0.0259. The average molecular weight is 219 g/mol. The van der Waals surface area contributed by atoms with Crippen molar-refractivity contribution in [3.05, 3.63) is 34.6 Å². The number of rotatable bonds is 3. The molecular formula is C10H12ClFO2. The molecule has 0 aliphatic rings. The Morgan fingerprint density at radius 2 is 2.07 bits per heavy atom. The van der Waals surface area contributed by atoms with E-state index in [1.807, 2.05) is 0 Å². The highest BCUT2D eigenvalue weighted by atomic mass is 35.5. The number of aliphatic hydroxyl groups is 2. The van der Waals surface area contributed by atoms with Crippen molar-refractivity contribution in [1.82, 2.24) is 0 Å². The van der Waals surface area contributed by atoms with Gasteiger partial charge in [-0.1, -0.05) is 17.7 Å². The van der Waals surface area contributed by atoms with Crippen molar-refractivity contribution in [1.29, 1.82) is 0 Å². The van der Waals surface area contributed by atoms with E-state index in [2.05, 4.69) is 0 Å². The third kappa shape index (κ3) is 2.94. The van der Waals surface area contributed by atoms with E-state index in [9.17, 15) is 9.50 Å². The SMILES string of the molecule is C[C@@H](O)C[C@H](O)c1ccc(Cl)c(F)c1. The molecule has 0 aliphatic carbocycles. The Balaban J connectivity index is 2.80. The number of benzene rings is 1. The molecule has 2 atom stereocenters. The van der Waals surface area contributed by atoms with E-state index < -0.39 is 18.0 Å². The monoisotopic (exact) mass is 218 g/mol. The van der Waals surface area contributed by atoms with Crippen molar-refractivity contribution in [3.8, 4) is 0 Å². The highest BCUT2D eigenvalue weighted by Crippen LogP contribution is 2.22. The summed E-state index contributed by atoms with van der Waals surface area (Å²) >= 11 is 5.49. The van der Waals surface area contributed by atoms with Crippen molar-refractivity contribution >= 4 is 11.6 Å². The molecule has 2 N–H and O–H groups in total. The van der Waals surface area contributed by atoms with Gasteiger partial charge in [-0.2, -0.15) is 0 Å². The molecule has 1 rings (SSSR count). The number of halogens is 2. The van der Waals surface area contributed by atoms with E-state index in [-0.39, 0.29) is 11.4 Å². The molecule has 2 nitrogen and oxygen atoms in total. The smallest absolute Gasteiger partial charge is 0.142 e. The lowest BCUT2D eigenvalue weighted by Gasteiger charge is -2.12. The van der Waals surface area contributed by atoms with Gasteiger partial charge in [0.25, 0.3) is 0 Å². The van der Waals surface area contributed by atoms with Gasteiger partial charge >= 0.3 is 0 Å². The van der Waals surface area contributed by atoms with Gasteiger partial charge in [0.05, 0.1) is 17.2 Å². The number of hydrogen-bond acceptors (Lipinski definition) is 2. The zero-order valence-electron chi connectivity index (χ0n) is 7.74. The first-order valence-electron chi connectivity index (χ1n) is 4.31. The van der Waals surface area contributed by atoms with Crippen molar-refractivity contribution < 1.29 is 14.6 Å². The van der Waals surface area contributed by atoms with Gasteiger partial charge in [0.15, 0.2) is 0 Å². The molecule has 0 saturated heterocycles. The lowest BCUT2D eigenvalue weighted by Crippen LogP contribution is -2.08. The maximum Gasteiger partial charge on any atom is 0.142 e. The standard InChI is InChI=1S/C10H12ClFO2/c1-6(13)4-10(14)7-2-3-8(11)9(12)5-7/h2-3,5-6,10,13-14H,4H2,1H3/t6-,10+/m1/s1. The van der Waals surface area contributed by atoms with Crippen molar-refractivity contribution in [3.63, 3.8) is 0 Å². The van der Waals surface area contributed by atoms with Gasteiger partial charge in [-0.25, -0.2) is 4.39 Å². The summed E-state index contributed by atoms with van der Waals surface area (Å²) in [5.41, 5.74) is 0.424. The molecule has 0 radical (unpaired) electrons. The zero-order valence-corrected chi connectivity index (χ0v) is 8.50. The summed E-state index contributed by atoms with van der Waals surface area (Å²) in [4.78, 5) is 0. The van der Waals surface area contributed by atoms with E-state index in [0.29, 0.717) is 5.56 Å². The molecule has 0 fully saturated rings. The van der Waals surface area contributed by atoms with Crippen molar-refractivity contribution in [2.24, 2.45) is 0 Å². The highest BCUT2D eigenvalue weighted by Gasteiger charge is 2.12. The molecule has 4 heteroatoms. The molecule has 0 aliphatic heterocycles. The Morgan fingerprint density at radius 1 is 1.43 bits per heavy atom. The summed E-state index contributed by atoms with van der Waals surface area (Å²) < 4.78 is 13.0. The van der Waals surface area contributed by atoms with Crippen LogP contribution in [0.25, 0.3) is 0 Å². The fraction of sp³-hybridized carbons (Fsp3) is 0.400. The fourth-order valence-electron chi connectivity index (χ4n) is 1.18. The summed E-state index contributed by atoms with van der Waals surface area (Å²) in [6.45, 7) is 1.56. The topological polar surface area (TPSA) is 40.5 Å². The Bertz CT molecular complexity index is 315. The van der Waals surface area contributed by atoms with Crippen LogP contribution in [0.15, 0.2) is 18.2 Å². The molecule has 0 saturated carbocycles. The molecule has 0 bridgehead atoms. The summed E-state index contributed by atoms with van der Waals surface area (Å²) in [6.07, 6.45) is -1.30. The summed E-state index contributed by atoms with van der Waals surface area (Å²) in [5, 5.41) is 18.6. The van der Waals surface area contributed by atoms with E-state index >= 15 is 0 Å². The van der Waals surface area contributed by atoms with Crippen LogP contribution in [0.5, 0.6) is 0 Å². The van der Waals surface area contributed by atoms with Crippen LogP contribution in [0.1, 0.15) is 25.0 Å². The van der Waals surface area contributed by atoms with Gasteiger partial charge in [-0.3, -0.25) is 0 Å². The maximum atomic E-state index is 13.0. The van der Waals surface area contributed by atoms with E-state index in [0.717, 1.165) is 0 Å². The second-order valence-electron chi connectivity index (χ2n) is 3.27. The van der Waals surface area contributed by atoms with E-state index in [1.165, 1.54) is 12.1 Å². The van der Waals surface area contributed by atoms with Gasteiger partial charge in [0.1, 0.15) is 5.82 Å². The summed E-state index contributed by atoms with van der Waals surface area (Å²) in [5.74, 6) is -0.561. The van der Waals surface area contributed by atoms with Crippen LogP contribution in [0.3, 0.4) is 0 Å². The predicted octanol–water partition coefficient (Wildman–Crippen LogP) is 2.28. The van der Waals surface area contributed by atoms with Gasteiger partial charge in [-0.15, -0.1) is 0 Å². The Hall–Kier alpha value is -0.640. The first-order chi connectivity index (χ1) is 6.50. The lowest BCUT2D eigenvalue weighted by atomic mass is 10.0. The molecule has 1 aromatic rings. The predicted molar refractivity (Wildman–Crippen MR) is 52.7 cm³/mol. The Labute approximate surface area is 86.9 Å².